The molecule has 196 valence electrons. The van der Waals surface area contributed by atoms with Crippen molar-refractivity contribution in [2.45, 2.75) is 50.6 Å². The first-order valence-corrected chi connectivity index (χ1v) is 11.8. The maximum atomic E-state index is 14.7. The zero-order valence-electron chi connectivity index (χ0n) is 20.3. The van der Waals surface area contributed by atoms with Crippen molar-refractivity contribution in [2.75, 3.05) is 19.0 Å². The number of ether oxygens (including phenoxy) is 2. The predicted molar refractivity (Wildman–Crippen MR) is 128 cm³/mol. The number of halogens is 4. The van der Waals surface area contributed by atoms with Gasteiger partial charge in [-0.25, -0.2) is 27.5 Å². The van der Waals surface area contributed by atoms with Gasteiger partial charge in [0, 0.05) is 55.6 Å². The molecule has 2 heterocycles. The average Bonchev–Trinajstić information content (AvgIpc) is 2.89. The second kappa shape index (κ2) is 11.2. The van der Waals surface area contributed by atoms with E-state index in [1.54, 1.807) is 6.92 Å². The largest absolute Gasteiger partial charge is 0.461 e. The quantitative estimate of drug-likeness (QED) is 0.381. The van der Waals surface area contributed by atoms with E-state index in [9.17, 15) is 22.4 Å². The van der Waals surface area contributed by atoms with Gasteiger partial charge >= 0.3 is 6.01 Å². The molecule has 2 aromatic heterocycles. The van der Waals surface area contributed by atoms with Crippen LogP contribution >= 0.6 is 0 Å². The summed E-state index contributed by atoms with van der Waals surface area (Å²) >= 11 is 0. The molecule has 1 atom stereocenters. The third kappa shape index (κ3) is 6.40. The number of aromatic nitrogens is 3. The Hall–Kier alpha value is -3.60. The van der Waals surface area contributed by atoms with E-state index < -0.39 is 29.4 Å². The van der Waals surface area contributed by atoms with Gasteiger partial charge in [0.15, 0.2) is 0 Å². The minimum Gasteiger partial charge on any atom is -0.461 e. The van der Waals surface area contributed by atoms with Crippen molar-refractivity contribution in [3.8, 4) is 17.1 Å². The number of benzene rings is 1. The van der Waals surface area contributed by atoms with Gasteiger partial charge in [0.2, 0.25) is 5.92 Å². The van der Waals surface area contributed by atoms with E-state index in [0.29, 0.717) is 5.69 Å². The molecule has 7 nitrogen and oxygen atoms in total. The number of hydrogen-bond acceptors (Lipinski definition) is 6. The van der Waals surface area contributed by atoms with Crippen LogP contribution in [-0.2, 0) is 4.74 Å². The van der Waals surface area contributed by atoms with Crippen molar-refractivity contribution < 1.29 is 31.8 Å². The first-order valence-electron chi connectivity index (χ1n) is 11.8. The van der Waals surface area contributed by atoms with Crippen LogP contribution in [0.25, 0.3) is 11.1 Å². The first kappa shape index (κ1) is 26.5. The molecule has 0 spiro atoms. The van der Waals surface area contributed by atoms with Gasteiger partial charge in [0.25, 0.3) is 5.91 Å². The summed E-state index contributed by atoms with van der Waals surface area (Å²) in [6, 6.07) is 4.47. The highest BCUT2D eigenvalue weighted by Crippen LogP contribution is 2.44. The molecule has 0 unspecified atom stereocenters. The second-order valence-corrected chi connectivity index (χ2v) is 8.94. The summed E-state index contributed by atoms with van der Waals surface area (Å²) in [5.41, 5.74) is 0.623. The molecule has 1 saturated carbocycles. The molecule has 3 aromatic rings. The van der Waals surface area contributed by atoms with Gasteiger partial charge in [-0.15, -0.1) is 0 Å². The number of alkyl halides is 2. The Labute approximate surface area is 211 Å². The summed E-state index contributed by atoms with van der Waals surface area (Å²) in [5.74, 6) is -5.18. The second-order valence-electron chi connectivity index (χ2n) is 8.94. The van der Waals surface area contributed by atoms with E-state index >= 15 is 0 Å². The maximum absolute atomic E-state index is 14.7. The number of pyridine rings is 1. The summed E-state index contributed by atoms with van der Waals surface area (Å²) < 4.78 is 66.9. The number of carbonyl (C=O) groups is 1. The molecule has 11 heteroatoms. The maximum Gasteiger partial charge on any atom is 0.316 e. The van der Waals surface area contributed by atoms with Gasteiger partial charge in [-0.2, -0.15) is 0 Å². The number of anilines is 1. The third-order valence-electron chi connectivity index (χ3n) is 6.28. The predicted octanol–water partition coefficient (Wildman–Crippen LogP) is 5.78. The number of methoxy groups -OCH3 is 1. The molecule has 1 aliphatic rings. The smallest absolute Gasteiger partial charge is 0.316 e. The highest BCUT2D eigenvalue weighted by Gasteiger charge is 2.37. The van der Waals surface area contributed by atoms with E-state index in [1.165, 1.54) is 31.8 Å². The molecular formula is C26H26F4N4O3. The normalized spacial score (nSPS) is 16.3. The highest BCUT2D eigenvalue weighted by atomic mass is 19.3. The molecule has 0 saturated heterocycles. The SMILES string of the molecule is CO[C@H](C)COc1ncc(C(=O)Nc2c(-c3cc(F)ccc3F)ccnc2C2CCC(F)(F)CC2)cn1. The molecule has 1 aromatic carbocycles. The van der Waals surface area contributed by atoms with E-state index in [4.69, 9.17) is 9.47 Å². The minimum atomic E-state index is -2.77. The van der Waals surface area contributed by atoms with Crippen molar-refractivity contribution in [2.24, 2.45) is 0 Å². The van der Waals surface area contributed by atoms with Crippen LogP contribution in [0.1, 0.15) is 54.6 Å². The van der Waals surface area contributed by atoms with E-state index in [1.807, 2.05) is 0 Å². The lowest BCUT2D eigenvalue weighted by atomic mass is 9.83. The van der Waals surface area contributed by atoms with Gasteiger partial charge < -0.3 is 14.8 Å². The molecule has 37 heavy (non-hydrogen) atoms. The molecule has 1 aliphatic carbocycles. The molecule has 1 fully saturated rings. The number of nitrogens with one attached hydrogen (secondary N) is 1. The molecule has 0 aliphatic heterocycles. The Morgan fingerprint density at radius 1 is 1.11 bits per heavy atom. The van der Waals surface area contributed by atoms with Crippen LogP contribution in [0, 0.1) is 11.6 Å². The lowest BCUT2D eigenvalue weighted by Gasteiger charge is -2.29. The summed E-state index contributed by atoms with van der Waals surface area (Å²) in [7, 11) is 1.54. The van der Waals surface area contributed by atoms with Crippen molar-refractivity contribution in [3.05, 3.63) is 65.7 Å². The monoisotopic (exact) mass is 518 g/mol. The molecule has 1 amide bonds. The van der Waals surface area contributed by atoms with Gasteiger partial charge in [-0.05, 0) is 44.0 Å². The van der Waals surface area contributed by atoms with E-state index in [-0.39, 0.29) is 66.8 Å². The lowest BCUT2D eigenvalue weighted by molar-refractivity contribution is -0.0384. The average molecular weight is 519 g/mol. The van der Waals surface area contributed by atoms with Crippen LogP contribution < -0.4 is 10.1 Å². The fourth-order valence-electron chi connectivity index (χ4n) is 4.11. The Morgan fingerprint density at radius 3 is 2.49 bits per heavy atom. The Balaban J connectivity index is 1.66. The van der Waals surface area contributed by atoms with Gasteiger partial charge in [-0.3, -0.25) is 9.78 Å². The summed E-state index contributed by atoms with van der Waals surface area (Å²) in [6.45, 7) is 2.02. The van der Waals surface area contributed by atoms with Crippen molar-refractivity contribution >= 4 is 11.6 Å². The van der Waals surface area contributed by atoms with Crippen molar-refractivity contribution in [3.63, 3.8) is 0 Å². The van der Waals surface area contributed by atoms with Crippen LogP contribution in [0.3, 0.4) is 0 Å². The summed E-state index contributed by atoms with van der Waals surface area (Å²) in [5, 5.41) is 2.72. The molecule has 0 bridgehead atoms. The molecule has 0 radical (unpaired) electrons. The van der Waals surface area contributed by atoms with Crippen molar-refractivity contribution in [1.82, 2.24) is 15.0 Å². The third-order valence-corrected chi connectivity index (χ3v) is 6.28. The van der Waals surface area contributed by atoms with Gasteiger partial charge in [0.05, 0.1) is 23.0 Å². The summed E-state index contributed by atoms with van der Waals surface area (Å²) in [6.07, 6.45) is 3.33. The zero-order chi connectivity index (χ0) is 26.6. The van der Waals surface area contributed by atoms with Crippen molar-refractivity contribution in [1.29, 1.82) is 0 Å². The van der Waals surface area contributed by atoms with E-state index in [2.05, 4.69) is 20.3 Å². The Bertz CT molecular complexity index is 1250. The fraction of sp³-hybridized carbons (Fsp3) is 0.385. The summed E-state index contributed by atoms with van der Waals surface area (Å²) in [4.78, 5) is 25.6. The highest BCUT2D eigenvalue weighted by molar-refractivity contribution is 6.06. The lowest BCUT2D eigenvalue weighted by Crippen LogP contribution is -2.25. The standard InChI is InChI=1S/C26H26F4N4O3/c1-15(36-2)14-37-25-32-12-17(13-33-25)24(35)34-23-19(20-11-18(27)3-4-21(20)28)7-10-31-22(23)16-5-8-26(29,30)9-6-16/h3-4,7,10-13,15-16H,5-6,8-9,14H2,1-2H3,(H,34,35)/t15-/m1/s1. The van der Waals surface area contributed by atoms with Gasteiger partial charge in [0.1, 0.15) is 18.2 Å². The number of carbonyl (C=O) groups excluding carboxylic acids is 1. The van der Waals surface area contributed by atoms with Gasteiger partial charge in [-0.1, -0.05) is 0 Å². The number of rotatable bonds is 8. The molecular weight excluding hydrogens is 492 g/mol. The number of amides is 1. The molecule has 4 rings (SSSR count). The van der Waals surface area contributed by atoms with Crippen LogP contribution in [0.4, 0.5) is 23.2 Å². The van der Waals surface area contributed by atoms with Crippen LogP contribution in [0.15, 0.2) is 42.9 Å². The Kier molecular flexibility index (Phi) is 8.01. The Morgan fingerprint density at radius 2 is 1.81 bits per heavy atom. The zero-order valence-corrected chi connectivity index (χ0v) is 20.3. The number of hydrogen-bond donors (Lipinski definition) is 1. The van der Waals surface area contributed by atoms with Crippen LogP contribution in [-0.4, -0.2) is 46.6 Å². The topological polar surface area (TPSA) is 86.2 Å². The molecule has 1 N–H and O–H groups in total. The van der Waals surface area contributed by atoms with Crippen LogP contribution in [0.2, 0.25) is 0 Å². The number of nitrogens with zero attached hydrogens (tertiary/aromatic N) is 3. The van der Waals surface area contributed by atoms with Crippen LogP contribution in [0.5, 0.6) is 6.01 Å². The van der Waals surface area contributed by atoms with E-state index in [0.717, 1.165) is 18.2 Å². The fourth-order valence-corrected chi connectivity index (χ4v) is 4.11. The minimum absolute atomic E-state index is 0.0492. The first-order chi connectivity index (χ1) is 17.7.